The second-order valence-corrected chi connectivity index (χ2v) is 4.62. The van der Waals surface area contributed by atoms with Crippen LogP contribution in [0, 0.1) is 5.41 Å². The monoisotopic (exact) mass is 222 g/mol. The van der Waals surface area contributed by atoms with Crippen LogP contribution in [0.25, 0.3) is 0 Å². The molecule has 0 spiro atoms. The van der Waals surface area contributed by atoms with Crippen molar-refractivity contribution in [2.75, 3.05) is 0 Å². The van der Waals surface area contributed by atoms with E-state index in [4.69, 9.17) is 0 Å². The van der Waals surface area contributed by atoms with Gasteiger partial charge in [0, 0.05) is 5.41 Å². The zero-order valence-electron chi connectivity index (χ0n) is 9.90. The molecule has 1 atom stereocenters. The van der Waals surface area contributed by atoms with Gasteiger partial charge in [0.1, 0.15) is 0 Å². The summed E-state index contributed by atoms with van der Waals surface area (Å²) in [6, 6.07) is 8.55. The van der Waals surface area contributed by atoms with Gasteiger partial charge in [-0.05, 0) is 12.0 Å². The second kappa shape index (κ2) is 4.26. The Kier molecular flexibility index (Phi) is 3.38. The van der Waals surface area contributed by atoms with E-state index in [2.05, 4.69) is 0 Å². The number of aliphatic hydroxyl groups is 1. The molecule has 0 aliphatic rings. The summed E-state index contributed by atoms with van der Waals surface area (Å²) in [5.74, 6) is -1.20. The predicted molar refractivity (Wildman–Crippen MR) is 62.0 cm³/mol. The van der Waals surface area contributed by atoms with Gasteiger partial charge in [-0.3, -0.25) is 0 Å². The summed E-state index contributed by atoms with van der Waals surface area (Å²) in [5, 5.41) is 19.8. The van der Waals surface area contributed by atoms with Crippen LogP contribution in [0.15, 0.2) is 30.3 Å². The lowest BCUT2D eigenvalue weighted by molar-refractivity contribution is -0.175. The van der Waals surface area contributed by atoms with Gasteiger partial charge in [-0.1, -0.05) is 51.1 Å². The predicted octanol–water partition coefficient (Wildman–Crippen LogP) is 2.40. The number of hydrogen-bond donors (Lipinski definition) is 2. The van der Waals surface area contributed by atoms with Crippen LogP contribution in [0.3, 0.4) is 0 Å². The first-order chi connectivity index (χ1) is 7.36. The Labute approximate surface area is 95.7 Å². The van der Waals surface area contributed by atoms with E-state index in [1.165, 1.54) is 0 Å². The molecule has 16 heavy (non-hydrogen) atoms. The Hall–Kier alpha value is -1.35. The third kappa shape index (κ3) is 1.83. The fraction of sp³-hybridized carbons (Fsp3) is 0.462. The Morgan fingerprint density at radius 3 is 2.12 bits per heavy atom. The average Bonchev–Trinajstić information content (AvgIpc) is 2.28. The first kappa shape index (κ1) is 12.7. The molecule has 1 unspecified atom stereocenters. The topological polar surface area (TPSA) is 57.5 Å². The molecule has 88 valence electrons. The van der Waals surface area contributed by atoms with Crippen LogP contribution in [0.2, 0.25) is 0 Å². The molecular weight excluding hydrogens is 204 g/mol. The molecule has 0 radical (unpaired) electrons. The summed E-state index contributed by atoms with van der Waals surface area (Å²) in [6.07, 6.45) is 0.574. The van der Waals surface area contributed by atoms with E-state index in [-0.39, 0.29) is 0 Å². The van der Waals surface area contributed by atoms with E-state index in [0.29, 0.717) is 12.0 Å². The van der Waals surface area contributed by atoms with Crippen LogP contribution in [0.1, 0.15) is 32.8 Å². The third-order valence-corrected chi connectivity index (χ3v) is 3.36. The maximum absolute atomic E-state index is 11.4. The average molecular weight is 222 g/mol. The number of benzene rings is 1. The van der Waals surface area contributed by atoms with E-state index in [9.17, 15) is 15.0 Å². The van der Waals surface area contributed by atoms with Crippen LogP contribution < -0.4 is 0 Å². The Morgan fingerprint density at radius 1 is 1.25 bits per heavy atom. The Bertz CT molecular complexity index is 370. The smallest absolute Gasteiger partial charge is 0.340 e. The largest absolute Gasteiger partial charge is 0.479 e. The lowest BCUT2D eigenvalue weighted by Gasteiger charge is -2.39. The molecule has 0 amide bonds. The molecule has 1 rings (SSSR count). The number of rotatable bonds is 4. The quantitative estimate of drug-likeness (QED) is 0.822. The highest BCUT2D eigenvalue weighted by Gasteiger charge is 2.50. The molecule has 0 aliphatic carbocycles. The molecule has 0 fully saturated rings. The zero-order valence-corrected chi connectivity index (χ0v) is 9.90. The molecule has 0 aromatic heterocycles. The van der Waals surface area contributed by atoms with E-state index >= 15 is 0 Å². The second-order valence-electron chi connectivity index (χ2n) is 4.62. The molecule has 0 heterocycles. The van der Waals surface area contributed by atoms with Crippen molar-refractivity contribution in [1.82, 2.24) is 0 Å². The van der Waals surface area contributed by atoms with Crippen molar-refractivity contribution >= 4 is 5.97 Å². The van der Waals surface area contributed by atoms with Gasteiger partial charge in [0.2, 0.25) is 0 Å². The number of carboxylic acids is 1. The first-order valence-electron chi connectivity index (χ1n) is 5.37. The van der Waals surface area contributed by atoms with E-state index in [0.717, 1.165) is 0 Å². The minimum atomic E-state index is -1.84. The molecule has 2 N–H and O–H groups in total. The molecular formula is C13H18O3. The summed E-state index contributed by atoms with van der Waals surface area (Å²) >= 11 is 0. The maximum atomic E-state index is 11.4. The molecule has 1 aromatic rings. The number of hydrogen-bond acceptors (Lipinski definition) is 2. The minimum Gasteiger partial charge on any atom is -0.479 e. The van der Waals surface area contributed by atoms with Gasteiger partial charge in [0.05, 0.1) is 0 Å². The van der Waals surface area contributed by atoms with Crippen molar-refractivity contribution in [3.8, 4) is 0 Å². The lowest BCUT2D eigenvalue weighted by Crippen LogP contribution is -2.48. The molecule has 1 aromatic carbocycles. The molecule has 0 saturated carbocycles. The van der Waals surface area contributed by atoms with Crippen LogP contribution in [-0.4, -0.2) is 16.2 Å². The highest BCUT2D eigenvalue weighted by Crippen LogP contribution is 2.42. The van der Waals surface area contributed by atoms with Gasteiger partial charge >= 0.3 is 5.97 Å². The Balaban J connectivity index is 3.34. The summed E-state index contributed by atoms with van der Waals surface area (Å²) in [7, 11) is 0. The van der Waals surface area contributed by atoms with Gasteiger partial charge in [0.25, 0.3) is 0 Å². The molecule has 0 bridgehead atoms. The van der Waals surface area contributed by atoms with Gasteiger partial charge in [-0.25, -0.2) is 4.79 Å². The van der Waals surface area contributed by atoms with Crippen molar-refractivity contribution in [1.29, 1.82) is 0 Å². The van der Waals surface area contributed by atoms with Crippen molar-refractivity contribution in [2.24, 2.45) is 5.41 Å². The third-order valence-electron chi connectivity index (χ3n) is 3.36. The lowest BCUT2D eigenvalue weighted by atomic mass is 9.69. The SMILES string of the molecule is CCC(C)(C)C(O)(C(=O)O)c1ccccc1. The summed E-state index contributed by atoms with van der Waals surface area (Å²) in [5.41, 5.74) is -2.14. The summed E-state index contributed by atoms with van der Waals surface area (Å²) in [4.78, 5) is 11.4. The molecule has 0 aliphatic heterocycles. The van der Waals surface area contributed by atoms with Crippen LogP contribution in [-0.2, 0) is 10.4 Å². The van der Waals surface area contributed by atoms with Gasteiger partial charge in [0.15, 0.2) is 5.60 Å². The van der Waals surface area contributed by atoms with E-state index in [1.807, 2.05) is 6.92 Å². The highest BCUT2D eigenvalue weighted by atomic mass is 16.4. The number of carbonyl (C=O) groups is 1. The van der Waals surface area contributed by atoms with Crippen LogP contribution in [0.5, 0.6) is 0 Å². The van der Waals surface area contributed by atoms with Crippen LogP contribution >= 0.6 is 0 Å². The molecule has 3 nitrogen and oxygen atoms in total. The van der Waals surface area contributed by atoms with Crippen molar-refractivity contribution in [3.05, 3.63) is 35.9 Å². The minimum absolute atomic E-state index is 0.425. The van der Waals surface area contributed by atoms with Gasteiger partial charge < -0.3 is 10.2 Å². The number of aliphatic carboxylic acids is 1. The first-order valence-corrected chi connectivity index (χ1v) is 5.37. The maximum Gasteiger partial charge on any atom is 0.340 e. The highest BCUT2D eigenvalue weighted by molar-refractivity contribution is 5.80. The van der Waals surface area contributed by atoms with Crippen molar-refractivity contribution in [2.45, 2.75) is 32.8 Å². The normalized spacial score (nSPS) is 15.5. The molecule has 0 saturated heterocycles. The van der Waals surface area contributed by atoms with Gasteiger partial charge in [-0.15, -0.1) is 0 Å². The van der Waals surface area contributed by atoms with E-state index in [1.54, 1.807) is 44.2 Å². The summed E-state index contributed by atoms with van der Waals surface area (Å²) < 4.78 is 0. The van der Waals surface area contributed by atoms with Crippen molar-refractivity contribution < 1.29 is 15.0 Å². The van der Waals surface area contributed by atoms with Crippen LogP contribution in [0.4, 0.5) is 0 Å². The zero-order chi connectivity index (χ0) is 12.4. The van der Waals surface area contributed by atoms with Crippen molar-refractivity contribution in [3.63, 3.8) is 0 Å². The number of carboxylic acid groups (broad SMARTS) is 1. The fourth-order valence-electron chi connectivity index (χ4n) is 1.74. The fourth-order valence-corrected chi connectivity index (χ4v) is 1.74. The van der Waals surface area contributed by atoms with E-state index < -0.39 is 17.0 Å². The summed E-state index contributed by atoms with van der Waals surface area (Å²) in [6.45, 7) is 5.39. The standard InChI is InChI=1S/C13H18O3/c1-4-12(2,3)13(16,11(14)15)10-8-6-5-7-9-10/h5-9,16H,4H2,1-3H3,(H,14,15). The van der Waals surface area contributed by atoms with Gasteiger partial charge in [-0.2, -0.15) is 0 Å². The Morgan fingerprint density at radius 2 is 1.75 bits per heavy atom. The molecule has 3 heteroatoms.